The molecule has 4 rings (SSSR count). The van der Waals surface area contributed by atoms with Crippen molar-refractivity contribution in [1.29, 1.82) is 0 Å². The predicted octanol–water partition coefficient (Wildman–Crippen LogP) is 3.80. The third kappa shape index (κ3) is 5.66. The minimum absolute atomic E-state index is 0. The summed E-state index contributed by atoms with van der Waals surface area (Å²) in [6, 6.07) is 6.44. The van der Waals surface area contributed by atoms with Crippen LogP contribution in [0.4, 0.5) is 6.01 Å². The molecule has 2 saturated heterocycles. The maximum absolute atomic E-state index is 12.4. The number of oxazole rings is 1. The molecule has 0 radical (unpaired) electrons. The summed E-state index contributed by atoms with van der Waals surface area (Å²) in [5, 5.41) is 7.17. The highest BCUT2D eigenvalue weighted by atomic mass is 35.5. The van der Waals surface area contributed by atoms with E-state index in [9.17, 15) is 4.79 Å². The first-order valence-corrected chi connectivity index (χ1v) is 9.86. The Balaban J connectivity index is 0.00000140. The van der Waals surface area contributed by atoms with Gasteiger partial charge in [-0.1, -0.05) is 11.6 Å². The van der Waals surface area contributed by atoms with Gasteiger partial charge in [-0.15, -0.1) is 24.8 Å². The highest BCUT2D eigenvalue weighted by Crippen LogP contribution is 2.28. The second kappa shape index (κ2) is 10.5. The Bertz CT molecular complexity index is 780. The fourth-order valence-corrected chi connectivity index (χ4v) is 4.10. The van der Waals surface area contributed by atoms with Crippen molar-refractivity contribution in [3.05, 3.63) is 23.2 Å². The Morgan fingerprint density at radius 3 is 2.86 bits per heavy atom. The van der Waals surface area contributed by atoms with E-state index in [4.69, 9.17) is 16.0 Å². The topological polar surface area (TPSA) is 70.4 Å². The van der Waals surface area contributed by atoms with Crippen LogP contribution in [0, 0.1) is 5.92 Å². The number of nitrogens with zero attached hydrogens (tertiary/aromatic N) is 2. The van der Waals surface area contributed by atoms with Crippen LogP contribution in [0.2, 0.25) is 5.02 Å². The van der Waals surface area contributed by atoms with E-state index in [1.807, 2.05) is 12.1 Å². The number of aromatic nitrogens is 1. The molecular weight excluding hydrogens is 423 g/mol. The fraction of sp³-hybridized carbons (Fsp3) is 0.579. The van der Waals surface area contributed by atoms with E-state index in [1.54, 1.807) is 6.07 Å². The van der Waals surface area contributed by atoms with Crippen molar-refractivity contribution in [2.24, 2.45) is 5.92 Å². The van der Waals surface area contributed by atoms with Crippen LogP contribution in [0.15, 0.2) is 22.6 Å². The van der Waals surface area contributed by atoms with Crippen LogP contribution in [-0.2, 0) is 4.79 Å². The summed E-state index contributed by atoms with van der Waals surface area (Å²) in [5.41, 5.74) is 1.52. The van der Waals surface area contributed by atoms with Crippen LogP contribution >= 0.6 is 36.4 Å². The molecule has 2 aromatic rings. The van der Waals surface area contributed by atoms with Crippen molar-refractivity contribution in [3.63, 3.8) is 0 Å². The minimum Gasteiger partial charge on any atom is -0.423 e. The van der Waals surface area contributed by atoms with Gasteiger partial charge in [0.25, 0.3) is 6.01 Å². The molecule has 2 fully saturated rings. The van der Waals surface area contributed by atoms with Gasteiger partial charge >= 0.3 is 0 Å². The molecule has 0 spiro atoms. The van der Waals surface area contributed by atoms with Gasteiger partial charge in [0.2, 0.25) is 5.91 Å². The predicted molar refractivity (Wildman–Crippen MR) is 117 cm³/mol. The molecule has 3 heterocycles. The molecule has 28 heavy (non-hydrogen) atoms. The molecule has 0 aliphatic carbocycles. The van der Waals surface area contributed by atoms with E-state index in [2.05, 4.69) is 20.5 Å². The van der Waals surface area contributed by atoms with Crippen molar-refractivity contribution in [1.82, 2.24) is 15.6 Å². The van der Waals surface area contributed by atoms with Crippen molar-refractivity contribution in [2.75, 3.05) is 31.1 Å². The van der Waals surface area contributed by atoms with E-state index in [1.165, 1.54) is 0 Å². The first-order chi connectivity index (χ1) is 12.7. The lowest BCUT2D eigenvalue weighted by Gasteiger charge is -2.32. The summed E-state index contributed by atoms with van der Waals surface area (Å²) < 4.78 is 5.89. The molecule has 9 heteroatoms. The lowest BCUT2D eigenvalue weighted by molar-refractivity contribution is -0.122. The molecule has 1 aromatic heterocycles. The number of amides is 1. The van der Waals surface area contributed by atoms with E-state index < -0.39 is 0 Å². The number of piperidine rings is 2. The maximum atomic E-state index is 12.4. The Hall–Kier alpha value is -1.21. The molecule has 6 nitrogen and oxygen atoms in total. The van der Waals surface area contributed by atoms with Crippen LogP contribution in [0.5, 0.6) is 0 Å². The van der Waals surface area contributed by atoms with Crippen molar-refractivity contribution in [2.45, 2.75) is 38.1 Å². The van der Waals surface area contributed by atoms with Crippen molar-refractivity contribution < 1.29 is 9.21 Å². The van der Waals surface area contributed by atoms with Gasteiger partial charge in [0.15, 0.2) is 5.58 Å². The van der Waals surface area contributed by atoms with Crippen LogP contribution in [0.3, 0.4) is 0 Å². The van der Waals surface area contributed by atoms with E-state index in [-0.39, 0.29) is 30.7 Å². The summed E-state index contributed by atoms with van der Waals surface area (Å²) in [6.45, 7) is 3.70. The molecule has 0 saturated carbocycles. The first kappa shape index (κ1) is 23.1. The minimum atomic E-state index is 0. The summed E-state index contributed by atoms with van der Waals surface area (Å²) in [6.07, 6.45) is 4.74. The number of hydrogen-bond acceptors (Lipinski definition) is 5. The third-order valence-corrected chi connectivity index (χ3v) is 5.54. The number of fused-ring (bicyclic) bond motifs is 1. The molecule has 2 N–H and O–H groups in total. The van der Waals surface area contributed by atoms with Gasteiger partial charge in [-0.2, -0.15) is 4.98 Å². The molecule has 2 aliphatic rings. The maximum Gasteiger partial charge on any atom is 0.298 e. The Morgan fingerprint density at radius 1 is 1.29 bits per heavy atom. The lowest BCUT2D eigenvalue weighted by Crippen LogP contribution is -2.44. The zero-order valence-electron chi connectivity index (χ0n) is 15.7. The number of benzene rings is 1. The van der Waals surface area contributed by atoms with E-state index >= 15 is 0 Å². The second-order valence-corrected chi connectivity index (χ2v) is 7.80. The molecule has 1 unspecified atom stereocenters. The average Bonchev–Trinajstić information content (AvgIpc) is 3.06. The Morgan fingerprint density at radius 2 is 2.07 bits per heavy atom. The van der Waals surface area contributed by atoms with Crippen molar-refractivity contribution in [3.8, 4) is 0 Å². The van der Waals surface area contributed by atoms with Gasteiger partial charge in [0.05, 0.1) is 0 Å². The van der Waals surface area contributed by atoms with Gasteiger partial charge < -0.3 is 20.0 Å². The number of rotatable bonds is 4. The van der Waals surface area contributed by atoms with Gasteiger partial charge in [-0.3, -0.25) is 4.79 Å². The Kier molecular flexibility index (Phi) is 8.68. The molecular formula is C19H27Cl3N4O2. The van der Waals surface area contributed by atoms with Crippen LogP contribution in [0.1, 0.15) is 32.1 Å². The number of nitrogens with one attached hydrogen (secondary N) is 2. The smallest absolute Gasteiger partial charge is 0.298 e. The number of hydrogen-bond donors (Lipinski definition) is 2. The summed E-state index contributed by atoms with van der Waals surface area (Å²) in [4.78, 5) is 19.1. The summed E-state index contributed by atoms with van der Waals surface area (Å²) in [7, 11) is 0. The van der Waals surface area contributed by atoms with Crippen LogP contribution in [0.25, 0.3) is 11.1 Å². The van der Waals surface area contributed by atoms with Crippen LogP contribution < -0.4 is 15.5 Å². The summed E-state index contributed by atoms with van der Waals surface area (Å²) >= 11 is 6.02. The molecule has 1 amide bonds. The number of halogens is 3. The number of carbonyl (C=O) groups is 1. The first-order valence-electron chi connectivity index (χ1n) is 9.48. The Labute approximate surface area is 182 Å². The van der Waals surface area contributed by atoms with Gasteiger partial charge in [0.1, 0.15) is 5.52 Å². The SMILES string of the molecule is Cl.Cl.O=C(CC1CCCN(c2nc3ccc(Cl)cc3o2)C1)NC1CCNCC1. The molecule has 1 aromatic carbocycles. The van der Waals surface area contributed by atoms with Gasteiger partial charge in [-0.25, -0.2) is 0 Å². The monoisotopic (exact) mass is 448 g/mol. The van der Waals surface area contributed by atoms with Gasteiger partial charge in [0, 0.05) is 36.6 Å². The number of anilines is 1. The third-order valence-electron chi connectivity index (χ3n) is 5.31. The standard InChI is InChI=1S/C19H25ClN4O2.2ClH/c20-14-3-4-16-17(11-14)26-19(23-16)24-9-1-2-13(12-24)10-18(25)22-15-5-7-21-8-6-15;;/h3-4,11,13,15,21H,1-2,5-10,12H2,(H,22,25);2*1H. The quantitative estimate of drug-likeness (QED) is 0.743. The molecule has 0 bridgehead atoms. The molecule has 2 aliphatic heterocycles. The van der Waals surface area contributed by atoms with Gasteiger partial charge in [-0.05, 0) is 56.8 Å². The largest absolute Gasteiger partial charge is 0.423 e. The summed E-state index contributed by atoms with van der Waals surface area (Å²) in [5.74, 6) is 0.511. The molecule has 156 valence electrons. The molecule has 1 atom stereocenters. The number of carbonyl (C=O) groups excluding carboxylic acids is 1. The lowest BCUT2D eigenvalue weighted by atomic mass is 9.94. The highest BCUT2D eigenvalue weighted by Gasteiger charge is 2.26. The zero-order valence-corrected chi connectivity index (χ0v) is 18.0. The van der Waals surface area contributed by atoms with E-state index in [0.717, 1.165) is 57.4 Å². The van der Waals surface area contributed by atoms with Crippen molar-refractivity contribution >= 4 is 59.4 Å². The average molecular weight is 450 g/mol. The van der Waals surface area contributed by atoms with Crippen LogP contribution in [-0.4, -0.2) is 43.1 Å². The zero-order chi connectivity index (χ0) is 17.9. The highest BCUT2D eigenvalue weighted by molar-refractivity contribution is 6.31. The fourth-order valence-electron chi connectivity index (χ4n) is 3.94. The second-order valence-electron chi connectivity index (χ2n) is 7.36. The normalized spacial score (nSPS) is 20.3. The van der Waals surface area contributed by atoms with E-state index in [0.29, 0.717) is 35.0 Å².